The third-order valence-corrected chi connectivity index (χ3v) is 2.56. The van der Waals surface area contributed by atoms with Gasteiger partial charge in [-0.25, -0.2) is 9.99 Å². The van der Waals surface area contributed by atoms with Crippen LogP contribution in [0.2, 0.25) is 0 Å². The zero-order valence-corrected chi connectivity index (χ0v) is 9.62. The summed E-state index contributed by atoms with van der Waals surface area (Å²) in [4.78, 5) is 16.2. The first-order chi connectivity index (χ1) is 8.75. The molecule has 0 unspecified atom stereocenters. The van der Waals surface area contributed by atoms with Gasteiger partial charge in [-0.3, -0.25) is 4.79 Å². The van der Waals surface area contributed by atoms with Crippen LogP contribution in [0.25, 0.3) is 0 Å². The van der Waals surface area contributed by atoms with Crippen molar-refractivity contribution in [3.63, 3.8) is 0 Å². The van der Waals surface area contributed by atoms with Crippen molar-refractivity contribution in [2.75, 3.05) is 17.4 Å². The summed E-state index contributed by atoms with van der Waals surface area (Å²) in [5.41, 5.74) is 0.843. The molecular weight excluding hydrogens is 232 g/mol. The van der Waals surface area contributed by atoms with E-state index >= 15 is 0 Å². The van der Waals surface area contributed by atoms with E-state index in [1.54, 1.807) is 42.5 Å². The van der Waals surface area contributed by atoms with Crippen molar-refractivity contribution in [3.8, 4) is 0 Å². The molecule has 3 rings (SSSR count). The van der Waals surface area contributed by atoms with E-state index in [0.717, 1.165) is 0 Å². The van der Waals surface area contributed by atoms with Crippen molar-refractivity contribution in [1.29, 1.82) is 0 Å². The second-order valence-electron chi connectivity index (χ2n) is 3.78. The number of furan rings is 1. The van der Waals surface area contributed by atoms with E-state index in [1.807, 2.05) is 0 Å². The molecular formula is C12H10N4O2. The van der Waals surface area contributed by atoms with Crippen LogP contribution in [0.1, 0.15) is 5.76 Å². The number of pyridine rings is 1. The molecule has 0 radical (unpaired) electrons. The summed E-state index contributed by atoms with van der Waals surface area (Å²) in [5, 5.41) is 8.53. The van der Waals surface area contributed by atoms with Gasteiger partial charge in [0.25, 0.3) is 5.91 Å². The Morgan fingerprint density at radius 1 is 1.33 bits per heavy atom. The fraction of sp³-hybridized carbons (Fsp3) is 0.0833. The molecule has 1 amide bonds. The van der Waals surface area contributed by atoms with E-state index in [1.165, 1.54) is 6.26 Å². The van der Waals surface area contributed by atoms with Gasteiger partial charge in [0.1, 0.15) is 0 Å². The Balaban J connectivity index is 2.09. The Morgan fingerprint density at radius 3 is 3.00 bits per heavy atom. The zero-order chi connectivity index (χ0) is 12.5. The molecule has 0 spiro atoms. The number of carbonyl (C=O) groups excluding carboxylic acids is 1. The Bertz CT molecular complexity index is 619. The number of hydrogen-bond acceptors (Lipinski definition) is 5. The first-order valence-corrected chi connectivity index (χ1v) is 5.38. The maximum absolute atomic E-state index is 12.1. The summed E-state index contributed by atoms with van der Waals surface area (Å²) in [6.07, 6.45) is 3.15. The van der Waals surface area contributed by atoms with Gasteiger partial charge in [-0.05, 0) is 24.3 Å². The van der Waals surface area contributed by atoms with Gasteiger partial charge in [0.05, 0.1) is 12.0 Å². The highest BCUT2D eigenvalue weighted by atomic mass is 16.3. The lowest BCUT2D eigenvalue weighted by Crippen LogP contribution is -2.23. The topological polar surface area (TPSA) is 70.7 Å². The average Bonchev–Trinajstić information content (AvgIpc) is 2.85. The molecule has 0 atom stereocenters. The van der Waals surface area contributed by atoms with E-state index in [0.29, 0.717) is 17.3 Å². The van der Waals surface area contributed by atoms with Crippen molar-refractivity contribution in [1.82, 2.24) is 4.98 Å². The fourth-order valence-corrected chi connectivity index (χ4v) is 1.75. The minimum atomic E-state index is -0.316. The maximum Gasteiger partial charge on any atom is 0.280 e. The predicted octanol–water partition coefficient (Wildman–Crippen LogP) is 1.47. The van der Waals surface area contributed by atoms with Gasteiger partial charge in [-0.2, -0.15) is 5.10 Å². The Hall–Kier alpha value is -2.63. The lowest BCUT2D eigenvalue weighted by Gasteiger charge is -2.11. The summed E-state index contributed by atoms with van der Waals surface area (Å²) in [5.74, 6) is 0.697. The molecule has 6 nitrogen and oxygen atoms in total. The van der Waals surface area contributed by atoms with Crippen LogP contribution >= 0.6 is 0 Å². The zero-order valence-electron chi connectivity index (χ0n) is 9.62. The van der Waals surface area contributed by atoms with E-state index < -0.39 is 0 Å². The summed E-state index contributed by atoms with van der Waals surface area (Å²) >= 11 is 0. The molecule has 3 heterocycles. The minimum Gasteiger partial charge on any atom is -0.462 e. The Morgan fingerprint density at radius 2 is 2.22 bits per heavy atom. The van der Waals surface area contributed by atoms with E-state index in [2.05, 4.69) is 15.4 Å². The van der Waals surface area contributed by atoms with Crippen LogP contribution in [-0.4, -0.2) is 23.7 Å². The highest BCUT2D eigenvalue weighted by Crippen LogP contribution is 2.24. The van der Waals surface area contributed by atoms with Gasteiger partial charge in [-0.15, -0.1) is 0 Å². The lowest BCUT2D eigenvalue weighted by molar-refractivity contribution is -0.110. The molecule has 1 N–H and O–H groups in total. The molecule has 6 heteroatoms. The number of nitrogens with one attached hydrogen (secondary N) is 1. The standard InChI is InChI=1S/C12H10N4O2/c1-16-11-8(4-2-6-13-11)14-12(17)10(15-16)9-5-3-7-18-9/h2-7H,1H3,(H,14,17). The van der Waals surface area contributed by atoms with Crippen LogP contribution in [0.4, 0.5) is 11.5 Å². The number of rotatable bonds is 1. The number of hydrazone groups is 1. The van der Waals surface area contributed by atoms with E-state index in [9.17, 15) is 4.79 Å². The second-order valence-corrected chi connectivity index (χ2v) is 3.78. The van der Waals surface area contributed by atoms with Gasteiger partial charge < -0.3 is 9.73 Å². The van der Waals surface area contributed by atoms with Gasteiger partial charge in [0.15, 0.2) is 17.3 Å². The van der Waals surface area contributed by atoms with Gasteiger partial charge in [0.2, 0.25) is 0 Å². The fourth-order valence-electron chi connectivity index (χ4n) is 1.75. The molecule has 0 fully saturated rings. The molecule has 90 valence electrons. The first-order valence-electron chi connectivity index (χ1n) is 5.38. The van der Waals surface area contributed by atoms with Crippen molar-refractivity contribution < 1.29 is 9.21 Å². The highest BCUT2D eigenvalue weighted by molar-refractivity contribution is 6.48. The molecule has 2 aromatic rings. The van der Waals surface area contributed by atoms with Crippen LogP contribution in [0.15, 0.2) is 46.2 Å². The number of anilines is 2. The number of fused-ring (bicyclic) bond motifs is 1. The Kier molecular flexibility index (Phi) is 2.33. The molecule has 1 aliphatic rings. The van der Waals surface area contributed by atoms with Crippen LogP contribution in [0.3, 0.4) is 0 Å². The molecule has 0 saturated carbocycles. The van der Waals surface area contributed by atoms with Crippen LogP contribution in [0, 0.1) is 0 Å². The average molecular weight is 242 g/mol. The smallest absolute Gasteiger partial charge is 0.280 e. The molecule has 0 aromatic carbocycles. The van der Waals surface area contributed by atoms with Crippen molar-refractivity contribution in [2.45, 2.75) is 0 Å². The van der Waals surface area contributed by atoms with Gasteiger partial charge >= 0.3 is 0 Å². The largest absolute Gasteiger partial charge is 0.462 e. The first kappa shape index (κ1) is 10.5. The predicted molar refractivity (Wildman–Crippen MR) is 66.5 cm³/mol. The van der Waals surface area contributed by atoms with Crippen molar-refractivity contribution in [2.24, 2.45) is 5.10 Å². The van der Waals surface area contributed by atoms with Crippen LogP contribution in [-0.2, 0) is 4.79 Å². The third kappa shape index (κ3) is 1.64. The van der Waals surface area contributed by atoms with Crippen molar-refractivity contribution >= 4 is 23.1 Å². The summed E-state index contributed by atoms with van der Waals surface area (Å²) in [6.45, 7) is 0. The Labute approximate surface area is 103 Å². The highest BCUT2D eigenvalue weighted by Gasteiger charge is 2.24. The SMILES string of the molecule is CN1N=C(c2ccco2)C(=O)Nc2cccnc21. The quantitative estimate of drug-likeness (QED) is 0.822. The number of nitrogens with zero attached hydrogens (tertiary/aromatic N) is 3. The van der Waals surface area contributed by atoms with Gasteiger partial charge in [-0.1, -0.05) is 0 Å². The summed E-state index contributed by atoms with van der Waals surface area (Å²) < 4.78 is 5.21. The minimum absolute atomic E-state index is 0.223. The molecule has 1 aliphatic heterocycles. The van der Waals surface area contributed by atoms with Crippen LogP contribution < -0.4 is 10.3 Å². The maximum atomic E-state index is 12.1. The third-order valence-electron chi connectivity index (χ3n) is 2.56. The second kappa shape index (κ2) is 3.99. The van der Waals surface area contributed by atoms with Crippen LogP contribution in [0.5, 0.6) is 0 Å². The van der Waals surface area contributed by atoms with Crippen molar-refractivity contribution in [3.05, 3.63) is 42.5 Å². The molecule has 18 heavy (non-hydrogen) atoms. The van der Waals surface area contributed by atoms with Gasteiger partial charge in [0, 0.05) is 13.2 Å². The number of hydrogen-bond donors (Lipinski definition) is 1. The molecule has 0 saturated heterocycles. The summed E-state index contributed by atoms with van der Waals surface area (Å²) in [7, 11) is 1.73. The summed E-state index contributed by atoms with van der Waals surface area (Å²) in [6, 6.07) is 6.93. The molecule has 0 bridgehead atoms. The monoisotopic (exact) mass is 242 g/mol. The molecule has 0 aliphatic carbocycles. The molecule has 2 aromatic heterocycles. The normalized spacial score (nSPS) is 14.6. The lowest BCUT2D eigenvalue weighted by atomic mass is 10.2. The van der Waals surface area contributed by atoms with E-state index in [-0.39, 0.29) is 11.6 Å². The van der Waals surface area contributed by atoms with E-state index in [4.69, 9.17) is 4.42 Å². The number of carbonyl (C=O) groups is 1. The number of aromatic nitrogens is 1. The number of amides is 1.